The molecule has 0 aliphatic rings. The average Bonchev–Trinajstić information content (AvgIpc) is 2.36. The molecule has 0 atom stereocenters. The molecule has 3 nitrogen and oxygen atoms in total. The van der Waals surface area contributed by atoms with Gasteiger partial charge in [0.1, 0.15) is 11.5 Å². The lowest BCUT2D eigenvalue weighted by Crippen LogP contribution is -2.14. The first kappa shape index (κ1) is 14.0. The smallest absolute Gasteiger partial charge is 0.274 e. The zero-order chi connectivity index (χ0) is 14.0. The van der Waals surface area contributed by atoms with Gasteiger partial charge in [0.15, 0.2) is 0 Å². The molecule has 2 rings (SSSR count). The van der Waals surface area contributed by atoms with E-state index < -0.39 is 11.7 Å². The maximum atomic E-state index is 12.7. The summed E-state index contributed by atoms with van der Waals surface area (Å²) in [6, 6.07) is 5.94. The topological polar surface area (TPSA) is 42.0 Å². The van der Waals surface area contributed by atoms with Crippen LogP contribution in [0.5, 0.6) is 0 Å². The van der Waals surface area contributed by atoms with Crippen molar-refractivity contribution in [3.8, 4) is 0 Å². The highest BCUT2D eigenvalue weighted by Gasteiger charge is 2.11. The van der Waals surface area contributed by atoms with Crippen molar-refractivity contribution in [3.63, 3.8) is 0 Å². The van der Waals surface area contributed by atoms with E-state index >= 15 is 0 Å². The Balaban J connectivity index is 2.24. The zero-order valence-corrected chi connectivity index (χ0v) is 12.2. The van der Waals surface area contributed by atoms with Crippen molar-refractivity contribution in [2.24, 2.45) is 0 Å². The molecule has 0 bridgehead atoms. The second-order valence-electron chi connectivity index (χ2n) is 3.90. The van der Waals surface area contributed by atoms with Crippen LogP contribution in [-0.4, -0.2) is 10.9 Å². The summed E-state index contributed by atoms with van der Waals surface area (Å²) in [5, 5.41) is 3.21. The van der Waals surface area contributed by atoms with Gasteiger partial charge >= 0.3 is 0 Å². The first-order chi connectivity index (χ1) is 8.97. The Morgan fingerprint density at radius 2 is 2.16 bits per heavy atom. The maximum Gasteiger partial charge on any atom is 0.274 e. The van der Waals surface area contributed by atoms with Gasteiger partial charge in [-0.1, -0.05) is 11.6 Å². The molecule has 0 saturated carbocycles. The quantitative estimate of drug-likeness (QED) is 0.888. The first-order valence-corrected chi connectivity index (χ1v) is 6.53. The number of nitrogens with one attached hydrogen (secondary N) is 1. The van der Waals surface area contributed by atoms with Gasteiger partial charge in [0.25, 0.3) is 5.91 Å². The van der Waals surface area contributed by atoms with Crippen LogP contribution in [0.4, 0.5) is 10.1 Å². The number of amides is 1. The second kappa shape index (κ2) is 5.67. The van der Waals surface area contributed by atoms with Gasteiger partial charge in [0, 0.05) is 9.50 Å². The number of carbonyl (C=O) groups excluding carboxylic acids is 1. The van der Waals surface area contributed by atoms with E-state index in [1.165, 1.54) is 12.1 Å². The van der Waals surface area contributed by atoms with E-state index in [1.807, 2.05) is 6.92 Å². The molecule has 0 radical (unpaired) electrons. The SMILES string of the molecule is Cc1cc(Br)c(NC(=O)c2ccc(F)cn2)cc1Cl. The van der Waals surface area contributed by atoms with Gasteiger partial charge in [-0.05, 0) is 52.7 Å². The van der Waals surface area contributed by atoms with Crippen molar-refractivity contribution in [1.82, 2.24) is 4.98 Å². The van der Waals surface area contributed by atoms with Crippen molar-refractivity contribution in [2.75, 3.05) is 5.32 Å². The first-order valence-electron chi connectivity index (χ1n) is 5.36. The highest BCUT2D eigenvalue weighted by atomic mass is 79.9. The molecule has 0 unspecified atom stereocenters. The predicted octanol–water partition coefficient (Wildman–Crippen LogP) is 4.20. The van der Waals surface area contributed by atoms with Crippen LogP contribution in [0.2, 0.25) is 5.02 Å². The molecule has 1 aromatic carbocycles. The molecular weight excluding hydrogens is 335 g/mol. The van der Waals surface area contributed by atoms with Gasteiger partial charge in [0.05, 0.1) is 11.9 Å². The fourth-order valence-electron chi connectivity index (χ4n) is 1.44. The summed E-state index contributed by atoms with van der Waals surface area (Å²) >= 11 is 9.34. The minimum absolute atomic E-state index is 0.130. The van der Waals surface area contributed by atoms with Crippen molar-refractivity contribution in [3.05, 3.63) is 57.0 Å². The number of benzene rings is 1. The van der Waals surface area contributed by atoms with Gasteiger partial charge in [-0.15, -0.1) is 0 Å². The number of aryl methyl sites for hydroxylation is 1. The van der Waals surface area contributed by atoms with Crippen LogP contribution in [0.15, 0.2) is 34.9 Å². The lowest BCUT2D eigenvalue weighted by atomic mass is 10.2. The number of nitrogens with zero attached hydrogens (tertiary/aromatic N) is 1. The second-order valence-corrected chi connectivity index (χ2v) is 5.16. The van der Waals surface area contributed by atoms with Crippen LogP contribution >= 0.6 is 27.5 Å². The molecular formula is C13H9BrClFN2O. The van der Waals surface area contributed by atoms with E-state index in [0.717, 1.165) is 11.8 Å². The van der Waals surface area contributed by atoms with Crippen LogP contribution in [0.1, 0.15) is 16.1 Å². The van der Waals surface area contributed by atoms with Gasteiger partial charge in [-0.3, -0.25) is 4.79 Å². The van der Waals surface area contributed by atoms with Crippen LogP contribution in [-0.2, 0) is 0 Å². The van der Waals surface area contributed by atoms with E-state index in [0.29, 0.717) is 15.2 Å². The van der Waals surface area contributed by atoms with Crippen LogP contribution in [0, 0.1) is 12.7 Å². The summed E-state index contributed by atoms with van der Waals surface area (Å²) in [7, 11) is 0. The monoisotopic (exact) mass is 342 g/mol. The van der Waals surface area contributed by atoms with Crippen molar-refractivity contribution in [1.29, 1.82) is 0 Å². The molecule has 0 aliphatic carbocycles. The number of aromatic nitrogens is 1. The average molecular weight is 344 g/mol. The Morgan fingerprint density at radius 1 is 1.42 bits per heavy atom. The number of hydrogen-bond donors (Lipinski definition) is 1. The van der Waals surface area contributed by atoms with E-state index in [1.54, 1.807) is 12.1 Å². The molecule has 0 aliphatic heterocycles. The summed E-state index contributed by atoms with van der Waals surface area (Å²) in [6.45, 7) is 1.86. The standard InChI is InChI=1S/C13H9BrClFN2O/c1-7-4-9(14)12(5-10(7)15)18-13(19)11-3-2-8(16)6-17-11/h2-6H,1H3,(H,18,19). The van der Waals surface area contributed by atoms with Gasteiger partial charge in [-0.2, -0.15) is 0 Å². The van der Waals surface area contributed by atoms with E-state index in [4.69, 9.17) is 11.6 Å². The van der Waals surface area contributed by atoms with Crippen LogP contribution < -0.4 is 5.32 Å². The highest BCUT2D eigenvalue weighted by Crippen LogP contribution is 2.29. The fraction of sp³-hybridized carbons (Fsp3) is 0.0769. The Kier molecular flexibility index (Phi) is 4.17. The third-order valence-electron chi connectivity index (χ3n) is 2.46. The molecule has 98 valence electrons. The number of pyridine rings is 1. The lowest BCUT2D eigenvalue weighted by Gasteiger charge is -2.09. The van der Waals surface area contributed by atoms with Gasteiger partial charge < -0.3 is 5.32 Å². The summed E-state index contributed by atoms with van der Waals surface area (Å²) in [5.74, 6) is -0.920. The van der Waals surface area contributed by atoms with Crippen LogP contribution in [0.25, 0.3) is 0 Å². The molecule has 0 fully saturated rings. The summed E-state index contributed by atoms with van der Waals surface area (Å²) in [6.07, 6.45) is 0.992. The highest BCUT2D eigenvalue weighted by molar-refractivity contribution is 9.10. The molecule has 0 saturated heterocycles. The van der Waals surface area contributed by atoms with E-state index in [-0.39, 0.29) is 5.69 Å². The zero-order valence-electron chi connectivity index (χ0n) is 9.88. The Hall–Kier alpha value is -1.46. The molecule has 6 heteroatoms. The third-order valence-corrected chi connectivity index (χ3v) is 3.52. The summed E-state index contributed by atoms with van der Waals surface area (Å²) in [5.41, 5.74) is 1.56. The molecule has 1 N–H and O–H groups in total. The van der Waals surface area contributed by atoms with Crippen molar-refractivity contribution < 1.29 is 9.18 Å². The molecule has 1 amide bonds. The number of halogens is 3. The molecule has 2 aromatic rings. The largest absolute Gasteiger partial charge is 0.320 e. The van der Waals surface area contributed by atoms with Crippen molar-refractivity contribution in [2.45, 2.75) is 6.92 Å². The molecule has 1 aromatic heterocycles. The van der Waals surface area contributed by atoms with E-state index in [2.05, 4.69) is 26.2 Å². The molecule has 1 heterocycles. The Labute approximate surface area is 122 Å². The van der Waals surface area contributed by atoms with Gasteiger partial charge in [0.2, 0.25) is 0 Å². The van der Waals surface area contributed by atoms with E-state index in [9.17, 15) is 9.18 Å². The normalized spacial score (nSPS) is 10.3. The molecule has 19 heavy (non-hydrogen) atoms. The fourth-order valence-corrected chi connectivity index (χ4v) is 2.16. The summed E-state index contributed by atoms with van der Waals surface area (Å²) in [4.78, 5) is 15.6. The minimum Gasteiger partial charge on any atom is -0.320 e. The maximum absolute atomic E-state index is 12.7. The van der Waals surface area contributed by atoms with Crippen LogP contribution in [0.3, 0.4) is 0 Å². The number of hydrogen-bond acceptors (Lipinski definition) is 2. The predicted molar refractivity (Wildman–Crippen MR) is 76.0 cm³/mol. The Morgan fingerprint density at radius 3 is 2.79 bits per heavy atom. The number of rotatable bonds is 2. The van der Waals surface area contributed by atoms with Crippen molar-refractivity contribution >= 4 is 39.1 Å². The number of anilines is 1. The lowest BCUT2D eigenvalue weighted by molar-refractivity contribution is 0.102. The Bertz CT molecular complexity index is 631. The minimum atomic E-state index is -0.490. The molecule has 0 spiro atoms. The summed E-state index contributed by atoms with van der Waals surface area (Å²) < 4.78 is 13.4. The third kappa shape index (κ3) is 3.30. The van der Waals surface area contributed by atoms with Gasteiger partial charge in [-0.25, -0.2) is 9.37 Å². The number of carbonyl (C=O) groups is 1.